The topological polar surface area (TPSA) is 178 Å². The van der Waals surface area contributed by atoms with Crippen LogP contribution in [0.1, 0.15) is 112 Å². The maximum atomic E-state index is 14.3. The van der Waals surface area contributed by atoms with E-state index in [1.54, 1.807) is 41.3 Å². The second kappa shape index (κ2) is 21.7. The second-order valence-electron chi connectivity index (χ2n) is 17.7. The van der Waals surface area contributed by atoms with Crippen LogP contribution in [0.2, 0.25) is 0 Å². The predicted octanol–water partition coefficient (Wildman–Crippen LogP) is 5.03. The Morgan fingerprint density at radius 2 is 1.62 bits per heavy atom. The van der Waals surface area contributed by atoms with Crippen LogP contribution in [0.3, 0.4) is 0 Å². The molecule has 4 rings (SSSR count). The Balaban J connectivity index is 1.76. The molecule has 0 radical (unpaired) electrons. The van der Waals surface area contributed by atoms with Crippen LogP contribution in [-0.4, -0.2) is 126 Å². The number of amides is 1. The average Bonchev–Trinajstić information content (AvgIpc) is 3.19. The van der Waals surface area contributed by atoms with Crippen molar-refractivity contribution in [3.63, 3.8) is 0 Å². The van der Waals surface area contributed by atoms with Crippen LogP contribution in [0.5, 0.6) is 0 Å². The quantitative estimate of drug-likeness (QED) is 0.178. The summed E-state index contributed by atoms with van der Waals surface area (Å²) >= 11 is 0. The van der Waals surface area contributed by atoms with Crippen molar-refractivity contribution in [1.29, 1.82) is 0 Å². The summed E-state index contributed by atoms with van der Waals surface area (Å²) in [4.78, 5) is 57.8. The molecule has 13 nitrogen and oxygen atoms in total. The van der Waals surface area contributed by atoms with Crippen molar-refractivity contribution in [3.05, 3.63) is 36.0 Å². The first-order chi connectivity index (χ1) is 27.5. The van der Waals surface area contributed by atoms with Gasteiger partial charge in [-0.2, -0.15) is 0 Å². The number of ketones is 2. The monoisotopic (exact) mass is 817 g/mol. The number of cyclic esters (lactones) is 1. The number of Topliss-reactive ketones (excluding diaryl/α,β-unsaturated/α-hetero) is 2. The van der Waals surface area contributed by atoms with Crippen molar-refractivity contribution >= 4 is 23.4 Å². The number of hydrogen-bond acceptors (Lipinski definition) is 12. The van der Waals surface area contributed by atoms with Crippen molar-refractivity contribution in [2.24, 2.45) is 29.6 Å². The van der Waals surface area contributed by atoms with Crippen molar-refractivity contribution < 1.29 is 58.2 Å². The second-order valence-corrected chi connectivity index (χ2v) is 17.7. The third-order valence-electron chi connectivity index (χ3n) is 13.1. The van der Waals surface area contributed by atoms with Gasteiger partial charge in [-0.05, 0) is 100 Å². The number of carbonyl (C=O) groups is 4. The Hall–Kier alpha value is -2.78. The molecule has 1 amide bonds. The zero-order chi connectivity index (χ0) is 42.9. The lowest BCUT2D eigenvalue weighted by Gasteiger charge is -2.45. The van der Waals surface area contributed by atoms with E-state index in [1.165, 1.54) is 4.90 Å². The minimum atomic E-state index is -2.47. The summed E-state index contributed by atoms with van der Waals surface area (Å²) in [6.45, 7) is 13.3. The molecule has 0 aromatic carbocycles. The molecule has 0 aromatic rings. The molecule has 328 valence electrons. The van der Waals surface area contributed by atoms with Crippen molar-refractivity contribution in [2.45, 2.75) is 166 Å². The molecule has 14 atom stereocenters. The summed E-state index contributed by atoms with van der Waals surface area (Å²) < 4.78 is 29.7. The van der Waals surface area contributed by atoms with Gasteiger partial charge < -0.3 is 43.9 Å². The first-order valence-electron chi connectivity index (χ1n) is 21.4. The van der Waals surface area contributed by atoms with Gasteiger partial charge in [0.25, 0.3) is 11.7 Å². The van der Waals surface area contributed by atoms with Gasteiger partial charge in [-0.3, -0.25) is 14.4 Å². The molecule has 4 aliphatic rings. The van der Waals surface area contributed by atoms with E-state index >= 15 is 0 Å². The number of allylic oxidation sites excluding steroid dienone is 4. The fourth-order valence-corrected chi connectivity index (χ4v) is 9.62. The molecule has 3 fully saturated rings. The van der Waals surface area contributed by atoms with Gasteiger partial charge in [0.1, 0.15) is 12.1 Å². The normalized spacial score (nSPS) is 40.7. The van der Waals surface area contributed by atoms with Crippen LogP contribution in [0.25, 0.3) is 0 Å². The molecule has 1 saturated carbocycles. The zero-order valence-corrected chi connectivity index (χ0v) is 36.1. The number of aliphatic hydroxyl groups is 3. The highest BCUT2D eigenvalue weighted by Gasteiger charge is 2.55. The summed E-state index contributed by atoms with van der Waals surface area (Å²) in [7, 11) is 4.71. The molecule has 1 aliphatic carbocycles. The molecule has 2 bridgehead atoms. The molecule has 13 heteroatoms. The van der Waals surface area contributed by atoms with Gasteiger partial charge in [0.05, 0.1) is 36.6 Å². The Labute approximate surface area is 345 Å². The summed E-state index contributed by atoms with van der Waals surface area (Å²) in [6.07, 6.45) is 5.97. The molecule has 0 spiro atoms. The van der Waals surface area contributed by atoms with Crippen LogP contribution in [-0.2, 0) is 42.9 Å². The lowest BCUT2D eigenvalue weighted by atomic mass is 9.82. The standard InChI is InChI=1S/C45H71NO12/c1-10-13-32-19-26(2)18-27(3)20-33(54-7)24-40-39(56-9)22-29(5)45(53,58-40)42(50)43(51)46-17-12-11-14-34(46)44(52)57-41(30(6)36(48)25-37(32)49)28(4)21-31-15-16-35(47)38(23-31)55-8/h10,19,21,26-27,29-31,33-36,38-41,47-48,53H,1,11-18,20,22-25H2,2-9H3/b28-21?,32-19+/t26?,27-,29+,30+,31-,33-,34-,35+,36-,38+,39-,40?,41+,45+/m0/s1. The van der Waals surface area contributed by atoms with E-state index in [9.17, 15) is 34.5 Å². The molecule has 3 heterocycles. The van der Waals surface area contributed by atoms with Crippen LogP contribution >= 0.6 is 0 Å². The average molecular weight is 818 g/mol. The smallest absolute Gasteiger partial charge is 0.329 e. The van der Waals surface area contributed by atoms with Crippen LogP contribution < -0.4 is 0 Å². The number of hydrogen-bond donors (Lipinski definition) is 3. The fourth-order valence-electron chi connectivity index (χ4n) is 9.62. The number of aliphatic hydroxyl groups excluding tert-OH is 2. The summed E-state index contributed by atoms with van der Waals surface area (Å²) in [5, 5.41) is 34.1. The minimum Gasteiger partial charge on any atom is -0.456 e. The van der Waals surface area contributed by atoms with Gasteiger partial charge in [-0.25, -0.2) is 4.79 Å². The lowest BCUT2D eigenvalue weighted by Crippen LogP contribution is -2.63. The Morgan fingerprint density at radius 1 is 0.914 bits per heavy atom. The molecular weight excluding hydrogens is 746 g/mol. The third-order valence-corrected chi connectivity index (χ3v) is 13.1. The highest BCUT2D eigenvalue weighted by molar-refractivity contribution is 6.39. The number of carbonyl (C=O) groups excluding carboxylic acids is 4. The fraction of sp³-hybridized carbons (Fsp3) is 0.778. The molecule has 2 unspecified atom stereocenters. The first kappa shape index (κ1) is 47.9. The van der Waals surface area contributed by atoms with E-state index in [1.807, 2.05) is 26.0 Å². The van der Waals surface area contributed by atoms with Gasteiger partial charge in [0.15, 0.2) is 5.78 Å². The SMILES string of the molecule is C=CC/C1=C\C(C)C[C@H](C)C[C@H](OC)CC2O[C@@](O)(C(=O)C(=O)N3CCCC[C@H]3C(=O)O[C@H](C(C)=C[C@@H]3CC[C@@H](O)[C@H](OC)C3)[C@H](C)[C@@H](O)CC1=O)[C@H](C)C[C@@H]2OC. The van der Waals surface area contributed by atoms with Crippen molar-refractivity contribution in [2.75, 3.05) is 27.9 Å². The number of ether oxygens (including phenoxy) is 5. The van der Waals surface area contributed by atoms with E-state index in [4.69, 9.17) is 23.7 Å². The number of fused-ring (bicyclic) bond motifs is 3. The van der Waals surface area contributed by atoms with E-state index in [0.29, 0.717) is 56.1 Å². The van der Waals surface area contributed by atoms with Gasteiger partial charge in [-0.1, -0.05) is 45.9 Å². The Morgan fingerprint density at radius 3 is 2.28 bits per heavy atom. The van der Waals surface area contributed by atoms with Gasteiger partial charge in [0, 0.05) is 52.6 Å². The highest BCUT2D eigenvalue weighted by atomic mass is 16.7. The Bertz CT molecular complexity index is 1500. The largest absolute Gasteiger partial charge is 0.456 e. The van der Waals surface area contributed by atoms with Gasteiger partial charge in [0.2, 0.25) is 5.79 Å². The van der Waals surface area contributed by atoms with Crippen LogP contribution in [0.4, 0.5) is 0 Å². The number of nitrogens with zero attached hydrogens (tertiary/aromatic N) is 1. The maximum absolute atomic E-state index is 14.3. The molecule has 2 saturated heterocycles. The summed E-state index contributed by atoms with van der Waals surface area (Å²) in [5.74, 6) is -7.06. The molecule has 3 aliphatic heterocycles. The summed E-state index contributed by atoms with van der Waals surface area (Å²) in [5.41, 5.74) is 1.20. The van der Waals surface area contributed by atoms with E-state index in [-0.39, 0.29) is 68.0 Å². The predicted molar refractivity (Wildman–Crippen MR) is 217 cm³/mol. The van der Waals surface area contributed by atoms with Crippen molar-refractivity contribution in [1.82, 2.24) is 4.90 Å². The maximum Gasteiger partial charge on any atom is 0.329 e. The molecule has 3 N–H and O–H groups in total. The lowest BCUT2D eigenvalue weighted by molar-refractivity contribution is -0.289. The first-order valence-corrected chi connectivity index (χ1v) is 21.4. The molecular formula is C45H71NO12. The number of piperidine rings is 1. The van der Waals surface area contributed by atoms with Crippen LogP contribution in [0.15, 0.2) is 36.0 Å². The third kappa shape index (κ3) is 11.7. The Kier molecular flexibility index (Phi) is 17.9. The summed E-state index contributed by atoms with van der Waals surface area (Å²) in [6, 6.07) is -1.14. The highest BCUT2D eigenvalue weighted by Crippen LogP contribution is 2.39. The van der Waals surface area contributed by atoms with Crippen LogP contribution in [0, 0.1) is 29.6 Å². The number of rotatable bonds is 7. The number of methoxy groups -OCH3 is 3. The van der Waals surface area contributed by atoms with E-state index in [2.05, 4.69) is 13.5 Å². The van der Waals surface area contributed by atoms with E-state index in [0.717, 1.165) is 6.42 Å². The number of esters is 1. The molecule has 0 aromatic heterocycles. The molecule has 58 heavy (non-hydrogen) atoms. The minimum absolute atomic E-state index is 0.00619. The van der Waals surface area contributed by atoms with Gasteiger partial charge in [-0.15, -0.1) is 6.58 Å². The van der Waals surface area contributed by atoms with Gasteiger partial charge >= 0.3 is 5.97 Å². The zero-order valence-electron chi connectivity index (χ0n) is 36.1. The van der Waals surface area contributed by atoms with Crippen molar-refractivity contribution in [3.8, 4) is 0 Å². The van der Waals surface area contributed by atoms with E-state index < -0.39 is 71.8 Å².